The molecule has 1 saturated heterocycles. The van der Waals surface area contributed by atoms with Crippen molar-refractivity contribution in [1.82, 2.24) is 30.2 Å². The Morgan fingerprint density at radius 2 is 1.78 bits per heavy atom. The fraction of sp³-hybridized carbons (Fsp3) is 0.333. The second kappa shape index (κ2) is 11.5. The van der Waals surface area contributed by atoms with Crippen LogP contribution in [0, 0.1) is 17.6 Å². The van der Waals surface area contributed by atoms with Gasteiger partial charge in [0.15, 0.2) is 27.2 Å². The summed E-state index contributed by atoms with van der Waals surface area (Å²) in [5, 5.41) is 13.8. The highest BCUT2D eigenvalue weighted by Gasteiger charge is 2.46. The van der Waals surface area contributed by atoms with Gasteiger partial charge in [0.2, 0.25) is 11.8 Å². The van der Waals surface area contributed by atoms with Crippen molar-refractivity contribution in [3.63, 3.8) is 0 Å². The Kier molecular flexibility index (Phi) is 7.78. The molecule has 3 N–H and O–H groups in total. The number of rotatable bonds is 6. The Morgan fingerprint density at radius 3 is 2.48 bits per heavy atom. The van der Waals surface area contributed by atoms with Crippen molar-refractivity contribution in [1.29, 1.82) is 0 Å². The summed E-state index contributed by atoms with van der Waals surface area (Å²) in [4.78, 5) is 40.0. The number of fused-ring (bicyclic) bond motifs is 2. The predicted molar refractivity (Wildman–Crippen MR) is 157 cm³/mol. The Labute approximate surface area is 260 Å². The molecule has 2 aliphatic heterocycles. The first kappa shape index (κ1) is 31.1. The molecule has 5 unspecified atom stereocenters. The number of primary amides is 1. The molecule has 2 aromatic carbocycles. The predicted octanol–water partition coefficient (Wildman–Crippen LogP) is 2.48. The number of halogens is 3. The van der Waals surface area contributed by atoms with Gasteiger partial charge in [0.1, 0.15) is 18.8 Å². The van der Waals surface area contributed by atoms with E-state index in [-0.39, 0.29) is 17.7 Å². The summed E-state index contributed by atoms with van der Waals surface area (Å²) in [7, 11) is -4.04. The van der Waals surface area contributed by atoms with Crippen LogP contribution in [0.4, 0.5) is 13.2 Å². The van der Waals surface area contributed by atoms with Crippen LogP contribution in [0.2, 0.25) is 0 Å². The van der Waals surface area contributed by atoms with Crippen LogP contribution in [-0.2, 0) is 26.0 Å². The molecule has 5 atom stereocenters. The van der Waals surface area contributed by atoms with Crippen molar-refractivity contribution in [3.8, 4) is 11.1 Å². The minimum Gasteiger partial charge on any atom is -0.364 e. The lowest BCUT2D eigenvalue weighted by molar-refractivity contribution is -0.139. The summed E-state index contributed by atoms with van der Waals surface area (Å²) in [6, 6.07) is 5.74. The van der Waals surface area contributed by atoms with Gasteiger partial charge >= 0.3 is 0 Å². The van der Waals surface area contributed by atoms with Gasteiger partial charge < -0.3 is 16.0 Å². The summed E-state index contributed by atoms with van der Waals surface area (Å²) in [6.07, 6.45) is 1.15. The molecule has 0 radical (unpaired) electrons. The standard InChI is InChI=1S/C30H28F3N7O5S/c1-14-15(2)46(44,45)25-10-22(33)21(32)9-20(25)27(14)37-30(43)24-8-18(31)12-39(24)26(41)13-40-23-4-3-16(17-5-6-35-36-11-17)7-19(23)28(38-40)29(34)42/h3-7,9-11,14-15,18,24,27H,8,12-13H2,1-2H3,(H2,34,42)(H,37,43). The van der Waals surface area contributed by atoms with E-state index >= 15 is 0 Å². The van der Waals surface area contributed by atoms with Crippen LogP contribution in [0.1, 0.15) is 42.4 Å². The van der Waals surface area contributed by atoms with Crippen molar-refractivity contribution in [2.24, 2.45) is 11.7 Å². The molecule has 16 heteroatoms. The Morgan fingerprint density at radius 1 is 1.04 bits per heavy atom. The van der Waals surface area contributed by atoms with Crippen LogP contribution in [-0.4, -0.2) is 75.0 Å². The Hall–Kier alpha value is -4.86. The highest BCUT2D eigenvalue weighted by atomic mass is 32.2. The van der Waals surface area contributed by atoms with Crippen LogP contribution in [0.3, 0.4) is 0 Å². The van der Waals surface area contributed by atoms with Crippen molar-refractivity contribution < 1.29 is 36.0 Å². The normalized spacial score (nSPS) is 23.7. The summed E-state index contributed by atoms with van der Waals surface area (Å²) >= 11 is 0. The number of carbonyl (C=O) groups excluding carboxylic acids is 3. The molecule has 0 bridgehead atoms. The molecule has 0 aliphatic carbocycles. The maximum atomic E-state index is 14.8. The van der Waals surface area contributed by atoms with Crippen LogP contribution in [0.25, 0.3) is 22.0 Å². The SMILES string of the molecule is CC1C(NC(=O)C2CC(F)CN2C(=O)Cn2nc(C(N)=O)c3cc(-c4ccnnc4)ccc32)c2cc(F)c(F)cc2S(=O)(=O)C1C. The number of hydrogen-bond acceptors (Lipinski definition) is 8. The zero-order valence-corrected chi connectivity index (χ0v) is 25.3. The number of nitrogens with one attached hydrogen (secondary N) is 1. The molecule has 4 aromatic rings. The first-order valence-corrected chi connectivity index (χ1v) is 15.9. The van der Waals surface area contributed by atoms with Crippen molar-refractivity contribution in [2.75, 3.05) is 6.54 Å². The fourth-order valence-corrected chi connectivity index (χ4v) is 8.08. The molecule has 1 fully saturated rings. The number of carbonyl (C=O) groups is 3. The van der Waals surface area contributed by atoms with E-state index in [1.54, 1.807) is 31.2 Å². The minimum atomic E-state index is -4.04. The Bertz CT molecular complexity index is 2010. The summed E-state index contributed by atoms with van der Waals surface area (Å²) in [5.74, 6) is -5.71. The van der Waals surface area contributed by atoms with Gasteiger partial charge in [-0.25, -0.2) is 21.6 Å². The van der Waals surface area contributed by atoms with Crippen molar-refractivity contribution in [3.05, 3.63) is 71.7 Å². The molecule has 2 aromatic heterocycles. The van der Waals surface area contributed by atoms with E-state index in [9.17, 15) is 36.0 Å². The lowest BCUT2D eigenvalue weighted by Gasteiger charge is -2.37. The third kappa shape index (κ3) is 5.25. The highest BCUT2D eigenvalue weighted by Crippen LogP contribution is 2.41. The van der Waals surface area contributed by atoms with Crippen molar-refractivity contribution in [2.45, 2.75) is 55.2 Å². The monoisotopic (exact) mass is 655 g/mol. The van der Waals surface area contributed by atoms with E-state index < -0.39 is 86.6 Å². The average Bonchev–Trinajstić information content (AvgIpc) is 3.60. The van der Waals surface area contributed by atoms with E-state index in [1.807, 2.05) is 0 Å². The molecule has 0 saturated carbocycles. The van der Waals surface area contributed by atoms with E-state index in [1.165, 1.54) is 24.0 Å². The van der Waals surface area contributed by atoms with Crippen LogP contribution >= 0.6 is 0 Å². The van der Waals surface area contributed by atoms with Crippen LogP contribution < -0.4 is 11.1 Å². The molecule has 6 rings (SSSR count). The number of likely N-dealkylation sites (tertiary alicyclic amines) is 1. The minimum absolute atomic E-state index is 0.0940. The molecule has 240 valence electrons. The number of aromatic nitrogens is 4. The Balaban J connectivity index is 1.28. The van der Waals surface area contributed by atoms with Gasteiger partial charge in [0.05, 0.1) is 40.6 Å². The van der Waals surface area contributed by atoms with E-state index in [2.05, 4.69) is 20.6 Å². The van der Waals surface area contributed by atoms with E-state index in [0.717, 1.165) is 11.0 Å². The number of sulfone groups is 1. The molecule has 2 aliphatic rings. The van der Waals surface area contributed by atoms with Crippen LogP contribution in [0.15, 0.2) is 53.7 Å². The summed E-state index contributed by atoms with van der Waals surface area (Å²) < 4.78 is 70.4. The molecule has 3 amide bonds. The number of alkyl halides is 1. The average molecular weight is 656 g/mol. The van der Waals surface area contributed by atoms with Gasteiger partial charge in [0, 0.05) is 17.4 Å². The van der Waals surface area contributed by atoms with E-state index in [4.69, 9.17) is 5.73 Å². The quantitative estimate of drug-likeness (QED) is 0.299. The number of amides is 3. The molecule has 12 nitrogen and oxygen atoms in total. The smallest absolute Gasteiger partial charge is 0.269 e. The molecular formula is C30H28F3N7O5S. The summed E-state index contributed by atoms with van der Waals surface area (Å²) in [5.41, 5.74) is 7.15. The molecule has 46 heavy (non-hydrogen) atoms. The van der Waals surface area contributed by atoms with Crippen molar-refractivity contribution >= 4 is 38.5 Å². The largest absolute Gasteiger partial charge is 0.364 e. The number of nitrogens with two attached hydrogens (primary N) is 1. The third-order valence-corrected chi connectivity index (χ3v) is 11.2. The van der Waals surface area contributed by atoms with Gasteiger partial charge in [0.25, 0.3) is 5.91 Å². The topological polar surface area (TPSA) is 170 Å². The second-order valence-corrected chi connectivity index (χ2v) is 13.8. The van der Waals surface area contributed by atoms with Crippen LogP contribution in [0.5, 0.6) is 0 Å². The number of hydrogen-bond donors (Lipinski definition) is 2. The molecule has 0 spiro atoms. The molecular weight excluding hydrogens is 627 g/mol. The van der Waals surface area contributed by atoms with Gasteiger partial charge in [-0.3, -0.25) is 19.1 Å². The fourth-order valence-electron chi connectivity index (χ4n) is 6.18. The zero-order valence-electron chi connectivity index (χ0n) is 24.5. The number of nitrogens with zero attached hydrogens (tertiary/aromatic N) is 5. The lowest BCUT2D eigenvalue weighted by Crippen LogP contribution is -2.51. The third-order valence-electron chi connectivity index (χ3n) is 8.81. The second-order valence-electron chi connectivity index (χ2n) is 11.5. The van der Waals surface area contributed by atoms with Gasteiger partial charge in [-0.2, -0.15) is 15.3 Å². The van der Waals surface area contributed by atoms with Gasteiger partial charge in [-0.1, -0.05) is 13.0 Å². The molecule has 4 heterocycles. The number of benzene rings is 2. The maximum absolute atomic E-state index is 14.8. The maximum Gasteiger partial charge on any atom is 0.269 e. The highest BCUT2D eigenvalue weighted by molar-refractivity contribution is 7.92. The van der Waals surface area contributed by atoms with E-state index in [0.29, 0.717) is 28.1 Å². The van der Waals surface area contributed by atoms with Gasteiger partial charge in [-0.05, 0) is 54.3 Å². The first-order chi connectivity index (χ1) is 21.8. The first-order valence-electron chi connectivity index (χ1n) is 14.3. The van der Waals surface area contributed by atoms with Gasteiger partial charge in [-0.15, -0.1) is 0 Å². The summed E-state index contributed by atoms with van der Waals surface area (Å²) in [6.45, 7) is 2.08. The zero-order chi connectivity index (χ0) is 33.1. The lowest BCUT2D eigenvalue weighted by atomic mass is 9.90.